The first-order chi connectivity index (χ1) is 13.3. The molecule has 0 spiro atoms. The highest BCUT2D eigenvalue weighted by Gasteiger charge is 2.34. The summed E-state index contributed by atoms with van der Waals surface area (Å²) in [5.41, 5.74) is 4.03. The number of thiazole rings is 1. The zero-order chi connectivity index (χ0) is 18.2. The molecule has 4 aromatic rings. The number of nitrogens with zero attached hydrogens (tertiary/aromatic N) is 2. The predicted molar refractivity (Wildman–Crippen MR) is 113 cm³/mol. The fourth-order valence-electron chi connectivity index (χ4n) is 3.57. The van der Waals surface area contributed by atoms with Crippen LogP contribution in [0.5, 0.6) is 0 Å². The van der Waals surface area contributed by atoms with E-state index in [0.29, 0.717) is 5.69 Å². The average molecular weight is 409 g/mol. The summed E-state index contributed by atoms with van der Waals surface area (Å²) in [6.45, 7) is 0.719. The first kappa shape index (κ1) is 16.9. The Morgan fingerprint density at radius 3 is 2.74 bits per heavy atom. The van der Waals surface area contributed by atoms with Gasteiger partial charge in [-0.25, -0.2) is 4.98 Å². The molecule has 4 heterocycles. The minimum absolute atomic E-state index is 0.0124. The van der Waals surface area contributed by atoms with Gasteiger partial charge in [-0.05, 0) is 40.4 Å². The van der Waals surface area contributed by atoms with Gasteiger partial charge in [-0.1, -0.05) is 30.3 Å². The molecule has 1 amide bonds. The van der Waals surface area contributed by atoms with Crippen LogP contribution in [0.15, 0.2) is 64.0 Å². The average Bonchev–Trinajstić information content (AvgIpc) is 3.48. The highest BCUT2D eigenvalue weighted by atomic mass is 32.1. The van der Waals surface area contributed by atoms with Crippen molar-refractivity contribution < 1.29 is 4.79 Å². The maximum absolute atomic E-state index is 13.4. The van der Waals surface area contributed by atoms with E-state index in [0.717, 1.165) is 29.1 Å². The number of hydrogen-bond acceptors (Lipinski definition) is 5. The van der Waals surface area contributed by atoms with Crippen molar-refractivity contribution in [3.05, 3.63) is 85.7 Å². The number of hydrogen-bond donors (Lipinski definition) is 0. The van der Waals surface area contributed by atoms with E-state index in [9.17, 15) is 4.79 Å². The van der Waals surface area contributed by atoms with Gasteiger partial charge >= 0.3 is 0 Å². The Kier molecular flexibility index (Phi) is 4.39. The van der Waals surface area contributed by atoms with Gasteiger partial charge in [0.2, 0.25) is 0 Å². The molecular weight excluding hydrogens is 392 g/mol. The third kappa shape index (κ3) is 3.04. The molecule has 0 aliphatic carbocycles. The van der Waals surface area contributed by atoms with Crippen LogP contribution in [-0.4, -0.2) is 22.3 Å². The SMILES string of the molecule is O=C(c1csc(-c2ccsc2)n1)N1CCc2sccc2[C@@H]1c1ccccc1. The number of carbonyl (C=O) groups is 1. The van der Waals surface area contributed by atoms with E-state index in [4.69, 9.17) is 0 Å². The second kappa shape index (κ2) is 7.03. The van der Waals surface area contributed by atoms with E-state index in [2.05, 4.69) is 33.9 Å². The molecule has 5 rings (SSSR count). The van der Waals surface area contributed by atoms with E-state index in [1.165, 1.54) is 21.8 Å². The van der Waals surface area contributed by atoms with E-state index in [1.807, 2.05) is 39.9 Å². The Hall–Kier alpha value is -2.28. The minimum Gasteiger partial charge on any atom is -0.326 e. The number of amides is 1. The standard InChI is InChI=1S/C21H16N2OS3/c24-21(17-13-27-20(22-17)15-7-10-25-12-15)23-9-6-18-16(8-11-26-18)19(23)14-4-2-1-3-5-14/h1-5,7-8,10-13,19H,6,9H2/t19-/m0/s1. The van der Waals surface area contributed by atoms with Gasteiger partial charge in [0, 0.05) is 27.7 Å². The van der Waals surface area contributed by atoms with Crippen molar-refractivity contribution in [1.29, 1.82) is 0 Å². The summed E-state index contributed by atoms with van der Waals surface area (Å²) in [7, 11) is 0. The van der Waals surface area contributed by atoms with Crippen LogP contribution in [0.4, 0.5) is 0 Å². The second-order valence-corrected chi connectivity index (χ2v) is 9.05. The van der Waals surface area contributed by atoms with Gasteiger partial charge in [-0.3, -0.25) is 4.79 Å². The largest absolute Gasteiger partial charge is 0.326 e. The van der Waals surface area contributed by atoms with Gasteiger partial charge in [0.05, 0.1) is 6.04 Å². The van der Waals surface area contributed by atoms with E-state index in [1.54, 1.807) is 22.7 Å². The van der Waals surface area contributed by atoms with Gasteiger partial charge in [0.1, 0.15) is 10.7 Å². The number of rotatable bonds is 3. The fraction of sp³-hybridized carbons (Fsp3) is 0.143. The quantitative estimate of drug-likeness (QED) is 0.434. The third-order valence-electron chi connectivity index (χ3n) is 4.83. The van der Waals surface area contributed by atoms with Crippen LogP contribution >= 0.6 is 34.0 Å². The summed E-state index contributed by atoms with van der Waals surface area (Å²) in [5, 5.41) is 9.03. The Labute approximate surface area is 169 Å². The summed E-state index contributed by atoms with van der Waals surface area (Å²) in [4.78, 5) is 21.4. The van der Waals surface area contributed by atoms with Gasteiger partial charge in [-0.2, -0.15) is 11.3 Å². The third-order valence-corrected chi connectivity index (χ3v) is 7.40. The monoisotopic (exact) mass is 408 g/mol. The van der Waals surface area contributed by atoms with Crippen molar-refractivity contribution in [2.75, 3.05) is 6.54 Å². The molecule has 1 aliphatic rings. The van der Waals surface area contributed by atoms with Crippen LogP contribution < -0.4 is 0 Å². The molecule has 6 heteroatoms. The predicted octanol–water partition coefficient (Wildman–Crippen LogP) is 5.72. The van der Waals surface area contributed by atoms with Crippen LogP contribution in [0.2, 0.25) is 0 Å². The van der Waals surface area contributed by atoms with Crippen LogP contribution in [0.1, 0.15) is 32.5 Å². The number of benzene rings is 1. The molecule has 1 aliphatic heterocycles. The smallest absolute Gasteiger partial charge is 0.274 e. The number of thiophene rings is 2. The van der Waals surface area contributed by atoms with Gasteiger partial charge < -0.3 is 4.90 Å². The molecule has 3 nitrogen and oxygen atoms in total. The minimum atomic E-state index is -0.0417. The summed E-state index contributed by atoms with van der Waals surface area (Å²) in [5.74, 6) is 0.0124. The van der Waals surface area contributed by atoms with Crippen molar-refractivity contribution in [2.24, 2.45) is 0 Å². The molecule has 1 atom stereocenters. The Balaban J connectivity index is 1.52. The first-order valence-corrected chi connectivity index (χ1v) is 11.4. The lowest BCUT2D eigenvalue weighted by atomic mass is 9.93. The molecule has 0 unspecified atom stereocenters. The summed E-state index contributed by atoms with van der Waals surface area (Å²) >= 11 is 4.96. The number of aromatic nitrogens is 1. The lowest BCUT2D eigenvalue weighted by Crippen LogP contribution is -2.40. The van der Waals surface area contributed by atoms with Crippen molar-refractivity contribution in [3.8, 4) is 10.6 Å². The summed E-state index contributed by atoms with van der Waals surface area (Å²) in [6, 6.07) is 14.5. The molecule has 3 aromatic heterocycles. The van der Waals surface area contributed by atoms with Gasteiger partial charge in [-0.15, -0.1) is 22.7 Å². The van der Waals surface area contributed by atoms with Gasteiger partial charge in [0.25, 0.3) is 5.91 Å². The molecule has 0 saturated heterocycles. The number of carbonyl (C=O) groups excluding carboxylic acids is 1. The maximum atomic E-state index is 13.4. The Bertz CT molecular complexity index is 1070. The first-order valence-electron chi connectivity index (χ1n) is 8.71. The Morgan fingerprint density at radius 1 is 1.04 bits per heavy atom. The van der Waals surface area contributed by atoms with Crippen LogP contribution in [0, 0.1) is 0 Å². The van der Waals surface area contributed by atoms with Crippen LogP contribution in [-0.2, 0) is 6.42 Å². The fourth-order valence-corrected chi connectivity index (χ4v) is 5.98. The zero-order valence-electron chi connectivity index (χ0n) is 14.4. The summed E-state index contributed by atoms with van der Waals surface area (Å²) < 4.78 is 0. The molecule has 0 fully saturated rings. The van der Waals surface area contributed by atoms with Crippen LogP contribution in [0.25, 0.3) is 10.6 Å². The highest BCUT2D eigenvalue weighted by molar-refractivity contribution is 7.14. The van der Waals surface area contributed by atoms with E-state index >= 15 is 0 Å². The lowest BCUT2D eigenvalue weighted by Gasteiger charge is -2.36. The van der Waals surface area contributed by atoms with Crippen molar-refractivity contribution in [3.63, 3.8) is 0 Å². The van der Waals surface area contributed by atoms with Gasteiger partial charge in [0.15, 0.2) is 0 Å². The zero-order valence-corrected chi connectivity index (χ0v) is 16.8. The molecule has 0 saturated carbocycles. The molecule has 1 aromatic carbocycles. The maximum Gasteiger partial charge on any atom is 0.274 e. The van der Waals surface area contributed by atoms with Crippen molar-refractivity contribution in [2.45, 2.75) is 12.5 Å². The van der Waals surface area contributed by atoms with E-state index in [-0.39, 0.29) is 11.9 Å². The highest BCUT2D eigenvalue weighted by Crippen LogP contribution is 2.38. The molecule has 134 valence electrons. The topological polar surface area (TPSA) is 33.2 Å². The summed E-state index contributed by atoms with van der Waals surface area (Å²) in [6.07, 6.45) is 0.906. The molecule has 0 radical (unpaired) electrons. The Morgan fingerprint density at radius 2 is 1.93 bits per heavy atom. The normalized spacial score (nSPS) is 16.3. The molecular formula is C21H16N2OS3. The van der Waals surface area contributed by atoms with E-state index < -0.39 is 0 Å². The van der Waals surface area contributed by atoms with Crippen molar-refractivity contribution in [1.82, 2.24) is 9.88 Å². The molecule has 0 bridgehead atoms. The molecule has 0 N–H and O–H groups in total. The second-order valence-electron chi connectivity index (χ2n) is 6.41. The lowest BCUT2D eigenvalue weighted by molar-refractivity contribution is 0.0691. The van der Waals surface area contributed by atoms with Crippen LogP contribution in [0.3, 0.4) is 0 Å². The van der Waals surface area contributed by atoms with Crippen molar-refractivity contribution >= 4 is 39.9 Å². The number of fused-ring (bicyclic) bond motifs is 1. The molecule has 27 heavy (non-hydrogen) atoms.